The summed E-state index contributed by atoms with van der Waals surface area (Å²) in [5.74, 6) is -5.09. The van der Waals surface area contributed by atoms with Crippen molar-refractivity contribution in [3.05, 3.63) is 23.1 Å². The van der Waals surface area contributed by atoms with E-state index in [4.69, 9.17) is 41.3 Å². The summed E-state index contributed by atoms with van der Waals surface area (Å²) in [6.07, 6.45) is 5.02. The molecule has 1 aliphatic rings. The molecule has 0 aromatic rings. The van der Waals surface area contributed by atoms with Crippen LogP contribution in [0.4, 0.5) is 0 Å². The maximum atomic E-state index is 9.49. The summed E-state index contributed by atoms with van der Waals surface area (Å²) in [5, 5.41) is 33.0. The van der Waals surface area contributed by atoms with Crippen molar-refractivity contribution >= 4 is 23.9 Å². The fourth-order valence-electron chi connectivity index (χ4n) is 1.30. The number of nitrogens with zero attached hydrogens (tertiary/aromatic N) is 3. The summed E-state index contributed by atoms with van der Waals surface area (Å²) in [6, 6.07) is 0.142. The molecule has 12 nitrogen and oxygen atoms in total. The van der Waals surface area contributed by atoms with Crippen LogP contribution in [0.3, 0.4) is 0 Å². The average Bonchev–Trinajstić information content (AvgIpc) is 2.57. The molecular formula is C14H24N4O8Pt. The van der Waals surface area contributed by atoms with Crippen LogP contribution in [0, 0.1) is 12.8 Å². The first-order chi connectivity index (χ1) is 12.0. The first-order valence-corrected chi connectivity index (χ1v) is 7.44. The zero-order valence-electron chi connectivity index (χ0n) is 14.7. The van der Waals surface area contributed by atoms with E-state index in [2.05, 4.69) is 16.9 Å². The van der Waals surface area contributed by atoms with Gasteiger partial charge in [-0.25, -0.2) is 9.59 Å². The minimum Gasteiger partial charge on any atom is -0.677 e. The largest absolute Gasteiger partial charge is 2.00 e. The molecule has 0 aromatic heterocycles. The molecule has 0 amide bonds. The molecule has 0 saturated heterocycles. The van der Waals surface area contributed by atoms with Crippen LogP contribution in [-0.4, -0.2) is 56.9 Å². The van der Waals surface area contributed by atoms with E-state index in [1.165, 1.54) is 19.3 Å². The second kappa shape index (κ2) is 21.9. The van der Waals surface area contributed by atoms with E-state index in [1.54, 1.807) is 6.92 Å². The second-order valence-corrected chi connectivity index (χ2v) is 4.79. The molecular weight excluding hydrogens is 547 g/mol. The third-order valence-electron chi connectivity index (χ3n) is 2.66. The molecule has 0 aromatic carbocycles. The van der Waals surface area contributed by atoms with Gasteiger partial charge in [0.15, 0.2) is 0 Å². The third kappa shape index (κ3) is 32.0. The molecule has 0 heterocycles. The monoisotopic (exact) mass is 571 g/mol. The molecule has 13 heteroatoms. The minimum atomic E-state index is -1.82. The van der Waals surface area contributed by atoms with Crippen molar-refractivity contribution < 1.29 is 60.7 Å². The van der Waals surface area contributed by atoms with Gasteiger partial charge in [0, 0.05) is 11.3 Å². The van der Waals surface area contributed by atoms with E-state index in [1.807, 2.05) is 0 Å². The maximum Gasteiger partial charge on any atom is 2.00 e. The Balaban J connectivity index is -0.000000131. The van der Waals surface area contributed by atoms with Crippen molar-refractivity contribution in [1.29, 1.82) is 0 Å². The minimum absolute atomic E-state index is 0. The molecule has 1 aliphatic carbocycles. The third-order valence-corrected chi connectivity index (χ3v) is 2.66. The van der Waals surface area contributed by atoms with Gasteiger partial charge in [-0.2, -0.15) is 12.0 Å². The van der Waals surface area contributed by atoms with E-state index >= 15 is 0 Å². The second-order valence-electron chi connectivity index (χ2n) is 4.79. The van der Waals surface area contributed by atoms with Crippen molar-refractivity contribution in [3.63, 3.8) is 0 Å². The number of carboxylic acids is 4. The normalized spacial score (nSPS) is 16.6. The molecule has 0 aliphatic heterocycles. The van der Waals surface area contributed by atoms with Crippen molar-refractivity contribution in [2.75, 3.05) is 6.54 Å². The number of nitrogens with one attached hydrogen (secondary N) is 1. The van der Waals surface area contributed by atoms with Gasteiger partial charge >= 0.3 is 44.9 Å². The molecule has 0 radical (unpaired) electrons. The standard InChI is InChI=1S/C7H13N.C3H6O2.C2H3N3O2.C2H2O4.Pt/c1-6-4-2-3-5-7(6)8;1-2-3(4)5;3-5-4-1-2(6)7;3-1(4)2(5)6;/h6-8H,1-5H2;2H2,1H3,(H,4,5);1H2,(H,6,7);(H,3,4)(H,5,6);/q-2;;;;+2. The van der Waals surface area contributed by atoms with Crippen LogP contribution in [-0.2, 0) is 40.2 Å². The Morgan fingerprint density at radius 2 is 1.48 bits per heavy atom. The molecule has 1 saturated carbocycles. The Labute approximate surface area is 170 Å². The van der Waals surface area contributed by atoms with Crippen LogP contribution in [0.25, 0.3) is 16.2 Å². The average molecular weight is 571 g/mol. The number of hydrogen-bond acceptors (Lipinski definition) is 5. The van der Waals surface area contributed by atoms with E-state index in [9.17, 15) is 9.59 Å². The number of hydrogen-bond donors (Lipinski definition) is 4. The summed E-state index contributed by atoms with van der Waals surface area (Å²) in [7, 11) is 0. The summed E-state index contributed by atoms with van der Waals surface area (Å²) >= 11 is 0. The van der Waals surface area contributed by atoms with Gasteiger partial charge in [0.2, 0.25) is 0 Å². The van der Waals surface area contributed by atoms with Crippen LogP contribution in [0.15, 0.2) is 5.11 Å². The number of rotatable bonds is 3. The molecule has 0 bridgehead atoms. The van der Waals surface area contributed by atoms with Crippen LogP contribution in [0.5, 0.6) is 0 Å². The van der Waals surface area contributed by atoms with Crippen molar-refractivity contribution in [2.45, 2.75) is 45.1 Å². The molecule has 158 valence electrons. The molecule has 0 spiro atoms. The smallest absolute Gasteiger partial charge is 0.677 e. The van der Waals surface area contributed by atoms with Crippen LogP contribution >= 0.6 is 0 Å². The van der Waals surface area contributed by atoms with Crippen molar-refractivity contribution in [1.82, 2.24) is 0 Å². The summed E-state index contributed by atoms with van der Waals surface area (Å²) in [5.41, 5.74) is 14.9. The van der Waals surface area contributed by atoms with E-state index < -0.39 is 30.4 Å². The molecule has 2 unspecified atom stereocenters. The zero-order valence-corrected chi connectivity index (χ0v) is 17.0. The van der Waals surface area contributed by atoms with Crippen LogP contribution < -0.4 is 0 Å². The number of azide groups is 1. The van der Waals surface area contributed by atoms with Crippen LogP contribution in [0.2, 0.25) is 0 Å². The van der Waals surface area contributed by atoms with Gasteiger partial charge in [-0.15, -0.1) is 0 Å². The van der Waals surface area contributed by atoms with E-state index in [-0.39, 0.29) is 33.5 Å². The van der Waals surface area contributed by atoms with Crippen molar-refractivity contribution in [3.8, 4) is 0 Å². The summed E-state index contributed by atoms with van der Waals surface area (Å²) < 4.78 is 0. The topological polar surface area (TPSA) is 222 Å². The number of carbonyl (C=O) groups is 4. The van der Waals surface area contributed by atoms with Gasteiger partial charge in [-0.1, -0.05) is 37.7 Å². The number of aliphatic carboxylic acids is 4. The fraction of sp³-hybridized carbons (Fsp3) is 0.643. The Kier molecular flexibility index (Phi) is 26.3. The Bertz CT molecular complexity index is 476. The van der Waals surface area contributed by atoms with Gasteiger partial charge in [0.25, 0.3) is 0 Å². The maximum absolute atomic E-state index is 9.49. The summed E-state index contributed by atoms with van der Waals surface area (Å²) in [4.78, 5) is 39.3. The van der Waals surface area contributed by atoms with Gasteiger partial charge < -0.3 is 33.1 Å². The van der Waals surface area contributed by atoms with E-state index in [0.29, 0.717) is 5.92 Å². The van der Waals surface area contributed by atoms with Crippen molar-refractivity contribution in [2.24, 2.45) is 11.0 Å². The molecule has 1 rings (SSSR count). The number of carboxylic acid groups (broad SMARTS) is 4. The Morgan fingerprint density at radius 1 is 1.07 bits per heavy atom. The molecule has 27 heavy (non-hydrogen) atoms. The van der Waals surface area contributed by atoms with Crippen LogP contribution in [0.1, 0.15) is 39.0 Å². The predicted octanol–water partition coefficient (Wildman–Crippen LogP) is 2.45. The SMILES string of the molecule is CCC(=O)O.O=C(O)C(=O)O.[CH2-]C1CCCCC1[NH-].[N-]=[N+]=NCC(=O)O.[Pt+2]. The van der Waals surface area contributed by atoms with Gasteiger partial charge in [-0.05, 0) is 5.53 Å². The summed E-state index contributed by atoms with van der Waals surface area (Å²) in [6.45, 7) is 5.01. The molecule has 2 atom stereocenters. The zero-order chi connectivity index (χ0) is 21.1. The Hall–Kier alpha value is -2.16. The first kappa shape index (κ1) is 32.5. The molecule has 1 fully saturated rings. The quantitative estimate of drug-likeness (QED) is 0.129. The molecule has 5 N–H and O–H groups in total. The predicted molar refractivity (Wildman–Crippen MR) is 90.3 cm³/mol. The van der Waals surface area contributed by atoms with Gasteiger partial charge in [0.1, 0.15) is 6.54 Å². The Morgan fingerprint density at radius 3 is 1.63 bits per heavy atom. The fourth-order valence-corrected chi connectivity index (χ4v) is 1.30. The van der Waals surface area contributed by atoms with E-state index in [0.717, 1.165) is 6.42 Å². The first-order valence-electron chi connectivity index (χ1n) is 7.44. The van der Waals surface area contributed by atoms with Gasteiger partial charge in [0.05, 0.1) is 0 Å². The van der Waals surface area contributed by atoms with Gasteiger partial charge in [-0.3, -0.25) is 9.59 Å².